The number of benzene rings is 1. The summed E-state index contributed by atoms with van der Waals surface area (Å²) < 4.78 is 1.22. The lowest BCUT2D eigenvalue weighted by Gasteiger charge is -2.21. The largest absolute Gasteiger partial charge is 0.307 e. The summed E-state index contributed by atoms with van der Waals surface area (Å²) >= 11 is 3.62. The minimum atomic E-state index is 0.619. The lowest BCUT2D eigenvalue weighted by atomic mass is 9.95. The van der Waals surface area contributed by atoms with Crippen molar-refractivity contribution in [2.24, 2.45) is 0 Å². The van der Waals surface area contributed by atoms with Crippen LogP contribution in [0, 0.1) is 6.92 Å². The molecule has 2 bridgehead atoms. The first-order valence-electron chi connectivity index (χ1n) is 5.95. The maximum atomic E-state index is 3.63. The average molecular weight is 278 g/mol. The molecule has 1 fully saturated rings. The van der Waals surface area contributed by atoms with Gasteiger partial charge in [-0.05, 0) is 49.0 Å². The Morgan fingerprint density at radius 2 is 2.19 bits per heavy atom. The van der Waals surface area contributed by atoms with Gasteiger partial charge < -0.3 is 5.32 Å². The molecule has 3 rings (SSSR count). The summed E-state index contributed by atoms with van der Waals surface area (Å²) in [6.07, 6.45) is 6.24. The first-order chi connectivity index (χ1) is 7.72. The van der Waals surface area contributed by atoms with E-state index in [9.17, 15) is 0 Å². The van der Waals surface area contributed by atoms with Gasteiger partial charge in [0.2, 0.25) is 0 Å². The molecule has 0 aliphatic carbocycles. The number of halogens is 1. The Balaban J connectivity index is 1.95. The summed E-state index contributed by atoms with van der Waals surface area (Å²) in [5.41, 5.74) is 4.21. The van der Waals surface area contributed by atoms with Crippen LogP contribution in [0.5, 0.6) is 0 Å². The van der Waals surface area contributed by atoms with Gasteiger partial charge in [0.1, 0.15) is 0 Å². The van der Waals surface area contributed by atoms with Gasteiger partial charge in [-0.2, -0.15) is 0 Å². The Hall–Kier alpha value is -0.600. The molecule has 1 nitrogen and oxygen atoms in total. The van der Waals surface area contributed by atoms with Crippen molar-refractivity contribution in [2.75, 3.05) is 0 Å². The Kier molecular flexibility index (Phi) is 2.64. The molecule has 0 radical (unpaired) electrons. The molecule has 16 heavy (non-hydrogen) atoms. The first-order valence-corrected chi connectivity index (χ1v) is 6.75. The maximum Gasteiger partial charge on any atom is 0.0259 e. The van der Waals surface area contributed by atoms with E-state index in [0.29, 0.717) is 12.1 Å². The summed E-state index contributed by atoms with van der Waals surface area (Å²) in [6.45, 7) is 2.13. The van der Waals surface area contributed by atoms with Crippen molar-refractivity contribution in [3.05, 3.63) is 39.9 Å². The van der Waals surface area contributed by atoms with Crippen molar-refractivity contribution in [1.82, 2.24) is 5.32 Å². The van der Waals surface area contributed by atoms with Crippen LogP contribution in [0.2, 0.25) is 0 Å². The normalized spacial score (nSPS) is 28.0. The van der Waals surface area contributed by atoms with Gasteiger partial charge in [0.15, 0.2) is 0 Å². The number of fused-ring (bicyclic) bond motifs is 2. The molecule has 0 saturated carbocycles. The van der Waals surface area contributed by atoms with Crippen molar-refractivity contribution in [1.29, 1.82) is 0 Å². The van der Waals surface area contributed by atoms with Crippen LogP contribution in [-0.4, -0.2) is 12.1 Å². The van der Waals surface area contributed by atoms with Gasteiger partial charge in [-0.25, -0.2) is 0 Å². The fraction of sp³-hybridized carbons (Fsp3) is 0.429. The van der Waals surface area contributed by atoms with Crippen molar-refractivity contribution < 1.29 is 0 Å². The third kappa shape index (κ3) is 1.85. The van der Waals surface area contributed by atoms with Gasteiger partial charge in [-0.3, -0.25) is 0 Å². The Bertz CT molecular complexity index is 450. The minimum absolute atomic E-state index is 0.619. The van der Waals surface area contributed by atoms with Gasteiger partial charge in [-0.15, -0.1) is 0 Å². The SMILES string of the molecule is Cc1ccc(C2=C[C@H]3CC[C@@H](C2)N3)cc1Br. The zero-order valence-electron chi connectivity index (χ0n) is 9.46. The van der Waals surface area contributed by atoms with E-state index in [1.807, 2.05) is 0 Å². The predicted octanol–water partition coefficient (Wildman–Crippen LogP) is 3.67. The molecule has 2 atom stereocenters. The lowest BCUT2D eigenvalue weighted by molar-refractivity contribution is 0.575. The standard InChI is InChI=1S/C14H16BrN/c1-9-2-3-10(8-14(9)15)11-6-12-4-5-13(7-11)16-12/h2-3,6,8,12-13,16H,4-5,7H2,1H3/t12-,13+/m1/s1. The van der Waals surface area contributed by atoms with Crippen molar-refractivity contribution in [3.8, 4) is 0 Å². The molecule has 2 heterocycles. The van der Waals surface area contributed by atoms with Crippen LogP contribution in [0.1, 0.15) is 30.4 Å². The number of nitrogens with one attached hydrogen (secondary N) is 1. The van der Waals surface area contributed by atoms with Crippen LogP contribution in [0.15, 0.2) is 28.7 Å². The highest BCUT2D eigenvalue weighted by Crippen LogP contribution is 2.33. The number of aryl methyl sites for hydroxylation is 1. The van der Waals surface area contributed by atoms with Crippen LogP contribution < -0.4 is 5.32 Å². The number of hydrogen-bond acceptors (Lipinski definition) is 1. The molecule has 0 spiro atoms. The van der Waals surface area contributed by atoms with Gasteiger partial charge >= 0.3 is 0 Å². The van der Waals surface area contributed by atoms with Crippen molar-refractivity contribution in [3.63, 3.8) is 0 Å². The first kappa shape index (κ1) is 10.5. The third-order valence-corrected chi connectivity index (χ3v) is 4.54. The Labute approximate surface area is 105 Å². The van der Waals surface area contributed by atoms with E-state index < -0.39 is 0 Å². The molecule has 2 aliphatic heterocycles. The molecule has 1 saturated heterocycles. The molecule has 1 aromatic carbocycles. The van der Waals surface area contributed by atoms with Gasteiger partial charge in [0.05, 0.1) is 0 Å². The molecular weight excluding hydrogens is 262 g/mol. The summed E-state index contributed by atoms with van der Waals surface area (Å²) in [7, 11) is 0. The highest BCUT2D eigenvalue weighted by Gasteiger charge is 2.28. The maximum absolute atomic E-state index is 3.63. The van der Waals surface area contributed by atoms with E-state index in [4.69, 9.17) is 0 Å². The molecule has 2 heteroatoms. The van der Waals surface area contributed by atoms with Crippen LogP contribution in [-0.2, 0) is 0 Å². The highest BCUT2D eigenvalue weighted by atomic mass is 79.9. The second kappa shape index (κ2) is 4.01. The van der Waals surface area contributed by atoms with E-state index in [2.05, 4.69) is 52.4 Å². The zero-order chi connectivity index (χ0) is 11.1. The molecule has 2 aliphatic rings. The van der Waals surface area contributed by atoms with Crippen molar-refractivity contribution >= 4 is 21.5 Å². The summed E-state index contributed by atoms with van der Waals surface area (Å²) in [5.74, 6) is 0. The molecule has 0 aromatic heterocycles. The van der Waals surface area contributed by atoms with E-state index in [1.165, 1.54) is 40.4 Å². The predicted molar refractivity (Wildman–Crippen MR) is 71.4 cm³/mol. The summed E-state index contributed by atoms with van der Waals surface area (Å²) in [5, 5.41) is 3.63. The second-order valence-corrected chi connectivity index (χ2v) is 5.76. The van der Waals surface area contributed by atoms with Gasteiger partial charge in [-0.1, -0.05) is 34.1 Å². The molecule has 84 valence electrons. The molecule has 0 unspecified atom stereocenters. The Morgan fingerprint density at radius 1 is 1.31 bits per heavy atom. The van der Waals surface area contributed by atoms with Crippen LogP contribution >= 0.6 is 15.9 Å². The fourth-order valence-corrected chi connectivity index (χ4v) is 3.10. The lowest BCUT2D eigenvalue weighted by Crippen LogP contribution is -2.31. The van der Waals surface area contributed by atoms with E-state index in [1.54, 1.807) is 0 Å². The quantitative estimate of drug-likeness (QED) is 0.826. The van der Waals surface area contributed by atoms with E-state index >= 15 is 0 Å². The third-order valence-electron chi connectivity index (χ3n) is 3.69. The molecule has 0 amide bonds. The molecule has 1 N–H and O–H groups in total. The average Bonchev–Trinajstić information content (AvgIpc) is 2.62. The van der Waals surface area contributed by atoms with Crippen LogP contribution in [0.25, 0.3) is 5.57 Å². The topological polar surface area (TPSA) is 12.0 Å². The minimum Gasteiger partial charge on any atom is -0.307 e. The van der Waals surface area contributed by atoms with Gasteiger partial charge in [0.25, 0.3) is 0 Å². The fourth-order valence-electron chi connectivity index (χ4n) is 2.73. The smallest absolute Gasteiger partial charge is 0.0259 e. The van der Waals surface area contributed by atoms with E-state index in [-0.39, 0.29) is 0 Å². The van der Waals surface area contributed by atoms with Crippen molar-refractivity contribution in [2.45, 2.75) is 38.3 Å². The monoisotopic (exact) mass is 277 g/mol. The number of rotatable bonds is 1. The second-order valence-electron chi connectivity index (χ2n) is 4.91. The highest BCUT2D eigenvalue weighted by molar-refractivity contribution is 9.10. The van der Waals surface area contributed by atoms with Gasteiger partial charge in [0, 0.05) is 16.6 Å². The van der Waals surface area contributed by atoms with E-state index in [0.717, 1.165) is 0 Å². The summed E-state index contributed by atoms with van der Waals surface area (Å²) in [4.78, 5) is 0. The number of hydrogen-bond donors (Lipinski definition) is 1. The molecule has 1 aromatic rings. The van der Waals surface area contributed by atoms with Crippen LogP contribution in [0.4, 0.5) is 0 Å². The zero-order valence-corrected chi connectivity index (χ0v) is 11.0. The molecular formula is C14H16BrN. The summed E-state index contributed by atoms with van der Waals surface area (Å²) in [6, 6.07) is 8.03. The van der Waals surface area contributed by atoms with Crippen LogP contribution in [0.3, 0.4) is 0 Å². The Morgan fingerprint density at radius 3 is 2.94 bits per heavy atom.